The van der Waals surface area contributed by atoms with Crippen molar-refractivity contribution in [1.29, 1.82) is 0 Å². The van der Waals surface area contributed by atoms with Crippen LogP contribution in [0.15, 0.2) is 89.9 Å². The van der Waals surface area contributed by atoms with Crippen molar-refractivity contribution in [2.24, 2.45) is 10.9 Å². The quantitative estimate of drug-likeness (QED) is 0.661. The zero-order chi connectivity index (χ0) is 17.9. The molecule has 0 radical (unpaired) electrons. The number of carbonyl (C=O) groups excluding carboxylic acids is 1. The Labute approximate surface area is 153 Å². The summed E-state index contributed by atoms with van der Waals surface area (Å²) in [6.07, 6.45) is 0. The van der Waals surface area contributed by atoms with Crippen LogP contribution in [0.1, 0.15) is 18.1 Å². The van der Waals surface area contributed by atoms with Gasteiger partial charge in [0.05, 0.1) is 29.5 Å². The van der Waals surface area contributed by atoms with Crippen molar-refractivity contribution in [3.05, 3.63) is 96.1 Å². The van der Waals surface area contributed by atoms with Gasteiger partial charge in [0.2, 0.25) is 5.91 Å². The highest BCUT2D eigenvalue weighted by Gasteiger charge is 2.31. The van der Waals surface area contributed by atoms with Gasteiger partial charge in [-0.05, 0) is 30.2 Å². The van der Waals surface area contributed by atoms with Crippen molar-refractivity contribution >= 4 is 23.0 Å². The van der Waals surface area contributed by atoms with Gasteiger partial charge in [-0.15, -0.1) is 0 Å². The fourth-order valence-corrected chi connectivity index (χ4v) is 3.34. The Kier molecular flexibility index (Phi) is 4.36. The summed E-state index contributed by atoms with van der Waals surface area (Å²) in [7, 11) is 0. The van der Waals surface area contributed by atoms with Gasteiger partial charge in [0.1, 0.15) is 0 Å². The van der Waals surface area contributed by atoms with E-state index in [1.165, 1.54) is 0 Å². The third-order valence-corrected chi connectivity index (χ3v) is 4.71. The Morgan fingerprint density at radius 3 is 2.19 bits per heavy atom. The standard InChI is InChI=1S/C23H20N2O/c1-17-22(19-12-6-3-7-13-19)24-20-14-8-9-15-21(20)25(23(17)26)16-18-10-4-2-5-11-18/h2-15,17H,16H2,1H3. The largest absolute Gasteiger partial charge is 0.305 e. The van der Waals surface area contributed by atoms with Crippen LogP contribution in [-0.4, -0.2) is 11.6 Å². The van der Waals surface area contributed by atoms with Gasteiger partial charge >= 0.3 is 0 Å². The molecule has 4 rings (SSSR count). The number of fused-ring (bicyclic) bond motifs is 1. The Morgan fingerprint density at radius 2 is 1.46 bits per heavy atom. The summed E-state index contributed by atoms with van der Waals surface area (Å²) >= 11 is 0. The molecule has 0 fully saturated rings. The number of hydrogen-bond donors (Lipinski definition) is 0. The lowest BCUT2D eigenvalue weighted by molar-refractivity contribution is -0.120. The van der Waals surface area contributed by atoms with Crippen molar-refractivity contribution < 1.29 is 4.79 Å². The second-order valence-corrected chi connectivity index (χ2v) is 6.48. The lowest BCUT2D eigenvalue weighted by Gasteiger charge is -2.25. The maximum Gasteiger partial charge on any atom is 0.236 e. The predicted molar refractivity (Wildman–Crippen MR) is 106 cm³/mol. The van der Waals surface area contributed by atoms with Gasteiger partial charge in [0, 0.05) is 0 Å². The third-order valence-electron chi connectivity index (χ3n) is 4.71. The number of para-hydroxylation sites is 2. The molecule has 0 aromatic heterocycles. The highest BCUT2D eigenvalue weighted by molar-refractivity contribution is 6.19. The van der Waals surface area contributed by atoms with Gasteiger partial charge in [-0.1, -0.05) is 72.8 Å². The summed E-state index contributed by atoms with van der Waals surface area (Å²) in [5, 5.41) is 0. The number of amides is 1. The first kappa shape index (κ1) is 16.3. The lowest BCUT2D eigenvalue weighted by atomic mass is 9.97. The molecule has 0 spiro atoms. The zero-order valence-corrected chi connectivity index (χ0v) is 14.7. The van der Waals surface area contributed by atoms with Crippen LogP contribution in [0, 0.1) is 5.92 Å². The van der Waals surface area contributed by atoms with Crippen LogP contribution in [0.3, 0.4) is 0 Å². The number of nitrogens with zero attached hydrogens (tertiary/aromatic N) is 2. The Balaban J connectivity index is 1.81. The van der Waals surface area contributed by atoms with Crippen LogP contribution < -0.4 is 4.90 Å². The van der Waals surface area contributed by atoms with E-state index in [0.717, 1.165) is 28.2 Å². The Hall–Kier alpha value is -3.20. The van der Waals surface area contributed by atoms with E-state index in [9.17, 15) is 4.79 Å². The SMILES string of the molecule is CC1C(=O)N(Cc2ccccc2)c2ccccc2N=C1c1ccccc1. The third kappa shape index (κ3) is 3.04. The Morgan fingerprint density at radius 1 is 0.846 bits per heavy atom. The molecular formula is C23H20N2O. The summed E-state index contributed by atoms with van der Waals surface area (Å²) in [5.74, 6) is -0.241. The maximum atomic E-state index is 13.3. The van der Waals surface area contributed by atoms with Gasteiger partial charge in [-0.2, -0.15) is 0 Å². The smallest absolute Gasteiger partial charge is 0.236 e. The van der Waals surface area contributed by atoms with Crippen molar-refractivity contribution in [2.45, 2.75) is 13.5 Å². The first-order valence-electron chi connectivity index (χ1n) is 8.82. The molecule has 26 heavy (non-hydrogen) atoms. The molecule has 0 aliphatic carbocycles. The molecule has 0 saturated carbocycles. The van der Waals surface area contributed by atoms with Crippen molar-refractivity contribution in [2.75, 3.05) is 4.90 Å². The highest BCUT2D eigenvalue weighted by atomic mass is 16.2. The van der Waals surface area contributed by atoms with Crippen molar-refractivity contribution in [1.82, 2.24) is 0 Å². The van der Waals surface area contributed by atoms with E-state index in [1.807, 2.05) is 96.8 Å². The van der Waals surface area contributed by atoms with Gasteiger partial charge < -0.3 is 4.90 Å². The molecule has 0 bridgehead atoms. The summed E-state index contributed by atoms with van der Waals surface area (Å²) in [6, 6.07) is 27.9. The first-order chi connectivity index (χ1) is 12.7. The molecule has 3 nitrogen and oxygen atoms in total. The molecule has 1 heterocycles. The molecule has 1 amide bonds. The van der Waals surface area contributed by atoms with Crippen LogP contribution in [-0.2, 0) is 11.3 Å². The molecular weight excluding hydrogens is 320 g/mol. The maximum absolute atomic E-state index is 13.3. The lowest BCUT2D eigenvalue weighted by Crippen LogP contribution is -2.37. The minimum Gasteiger partial charge on any atom is -0.305 e. The van der Waals surface area contributed by atoms with E-state index in [-0.39, 0.29) is 11.8 Å². The molecule has 1 aliphatic heterocycles. The first-order valence-corrected chi connectivity index (χ1v) is 8.82. The number of carbonyl (C=O) groups is 1. The molecule has 128 valence electrons. The number of rotatable bonds is 3. The summed E-state index contributed by atoms with van der Waals surface area (Å²) in [4.78, 5) is 20.1. The van der Waals surface area contributed by atoms with Crippen LogP contribution >= 0.6 is 0 Å². The van der Waals surface area contributed by atoms with Crippen molar-refractivity contribution in [3.63, 3.8) is 0 Å². The monoisotopic (exact) mass is 340 g/mol. The van der Waals surface area contributed by atoms with Gasteiger partial charge in [0.25, 0.3) is 0 Å². The van der Waals surface area contributed by atoms with E-state index in [4.69, 9.17) is 4.99 Å². The molecule has 1 atom stereocenters. The molecule has 3 heteroatoms. The predicted octanol–water partition coefficient (Wildman–Crippen LogP) is 4.99. The van der Waals surface area contributed by atoms with Crippen LogP contribution in [0.4, 0.5) is 11.4 Å². The van der Waals surface area contributed by atoms with Crippen LogP contribution in [0.2, 0.25) is 0 Å². The van der Waals surface area contributed by atoms with Crippen molar-refractivity contribution in [3.8, 4) is 0 Å². The second kappa shape index (κ2) is 6.96. The zero-order valence-electron chi connectivity index (χ0n) is 14.7. The molecule has 3 aromatic rings. The van der Waals surface area contributed by atoms with Crippen LogP contribution in [0.25, 0.3) is 0 Å². The minimum atomic E-state index is -0.312. The normalized spacial score (nSPS) is 16.7. The minimum absolute atomic E-state index is 0.0707. The molecule has 1 aliphatic rings. The van der Waals surface area contributed by atoms with Gasteiger partial charge in [0.15, 0.2) is 0 Å². The summed E-state index contributed by atoms with van der Waals surface area (Å²) in [6.45, 7) is 2.48. The van der Waals surface area contributed by atoms with E-state index in [2.05, 4.69) is 0 Å². The number of anilines is 1. The highest BCUT2D eigenvalue weighted by Crippen LogP contribution is 2.35. The Bertz CT molecular complexity index is 948. The molecule has 3 aromatic carbocycles. The average Bonchev–Trinajstić information content (AvgIpc) is 2.80. The fraction of sp³-hybridized carbons (Fsp3) is 0.130. The fourth-order valence-electron chi connectivity index (χ4n) is 3.34. The number of aliphatic imine (C=N–C) groups is 1. The number of benzene rings is 3. The van der Waals surface area contributed by atoms with E-state index in [1.54, 1.807) is 0 Å². The van der Waals surface area contributed by atoms with E-state index in [0.29, 0.717) is 6.54 Å². The topological polar surface area (TPSA) is 32.7 Å². The molecule has 0 saturated heterocycles. The summed E-state index contributed by atoms with van der Waals surface area (Å²) in [5.41, 5.74) is 4.61. The second-order valence-electron chi connectivity index (χ2n) is 6.48. The molecule has 0 N–H and O–H groups in total. The molecule has 1 unspecified atom stereocenters. The van der Waals surface area contributed by atoms with E-state index >= 15 is 0 Å². The van der Waals surface area contributed by atoms with Gasteiger partial charge in [-0.3, -0.25) is 4.79 Å². The summed E-state index contributed by atoms with van der Waals surface area (Å²) < 4.78 is 0. The van der Waals surface area contributed by atoms with Gasteiger partial charge in [-0.25, -0.2) is 4.99 Å². The van der Waals surface area contributed by atoms with Crippen LogP contribution in [0.5, 0.6) is 0 Å². The number of hydrogen-bond acceptors (Lipinski definition) is 2. The average molecular weight is 340 g/mol. The van der Waals surface area contributed by atoms with E-state index < -0.39 is 0 Å².